The van der Waals surface area contributed by atoms with Gasteiger partial charge >= 0.3 is 0 Å². The normalized spacial score (nSPS) is 16.0. The van der Waals surface area contributed by atoms with Crippen LogP contribution in [0, 0.1) is 0 Å². The lowest BCUT2D eigenvalue weighted by molar-refractivity contribution is -0.119. The number of ether oxygens (including phenoxy) is 1. The van der Waals surface area contributed by atoms with E-state index in [-0.39, 0.29) is 30.0 Å². The Kier molecular flexibility index (Phi) is 5.21. The van der Waals surface area contributed by atoms with Crippen molar-refractivity contribution >= 4 is 29.1 Å². The summed E-state index contributed by atoms with van der Waals surface area (Å²) in [6.45, 7) is 0. The molecule has 0 bridgehead atoms. The minimum absolute atomic E-state index is 0.0322. The molecule has 1 atom stereocenters. The van der Waals surface area contributed by atoms with E-state index in [1.807, 2.05) is 0 Å². The zero-order valence-corrected chi connectivity index (χ0v) is 14.2. The highest BCUT2D eigenvalue weighted by Gasteiger charge is 2.23. The quantitative estimate of drug-likeness (QED) is 0.734. The van der Waals surface area contributed by atoms with E-state index in [9.17, 15) is 14.4 Å². The molecule has 3 N–H and O–H groups in total. The van der Waals surface area contributed by atoms with Crippen LogP contribution in [0.1, 0.15) is 29.8 Å². The maximum absolute atomic E-state index is 12.2. The van der Waals surface area contributed by atoms with Crippen LogP contribution < -0.4 is 20.7 Å². The molecule has 1 unspecified atom stereocenters. The molecule has 1 aromatic heterocycles. The van der Waals surface area contributed by atoms with Crippen molar-refractivity contribution in [2.24, 2.45) is 0 Å². The Balaban J connectivity index is 1.67. The number of anilines is 2. The second-order valence-corrected chi connectivity index (χ2v) is 5.90. The molecule has 8 nitrogen and oxygen atoms in total. The molecule has 136 valence electrons. The Morgan fingerprint density at radius 2 is 2.15 bits per heavy atom. The third-order valence-corrected chi connectivity index (χ3v) is 3.99. The Labute approximate surface area is 149 Å². The van der Waals surface area contributed by atoms with Crippen LogP contribution in [0.15, 0.2) is 41.0 Å². The predicted molar refractivity (Wildman–Crippen MR) is 94.1 cm³/mol. The summed E-state index contributed by atoms with van der Waals surface area (Å²) in [5.41, 5.74) is 0.913. The number of amides is 3. The maximum Gasteiger partial charge on any atom is 0.291 e. The number of hydrogen-bond acceptors (Lipinski definition) is 5. The fourth-order valence-corrected chi connectivity index (χ4v) is 2.74. The molecule has 1 aromatic carbocycles. The molecule has 0 radical (unpaired) electrons. The molecule has 3 amide bonds. The third-order valence-electron chi connectivity index (χ3n) is 3.99. The smallest absolute Gasteiger partial charge is 0.291 e. The highest BCUT2D eigenvalue weighted by molar-refractivity contribution is 6.03. The molecule has 8 heteroatoms. The van der Waals surface area contributed by atoms with Crippen LogP contribution in [-0.4, -0.2) is 30.9 Å². The van der Waals surface area contributed by atoms with E-state index < -0.39 is 5.91 Å². The van der Waals surface area contributed by atoms with Crippen LogP contribution in [0.5, 0.6) is 5.75 Å². The summed E-state index contributed by atoms with van der Waals surface area (Å²) in [6.07, 6.45) is 2.71. The van der Waals surface area contributed by atoms with Gasteiger partial charge in [-0.15, -0.1) is 0 Å². The number of hydrogen-bond donors (Lipinski definition) is 3. The zero-order valence-electron chi connectivity index (χ0n) is 14.2. The fraction of sp³-hybridized carbons (Fsp3) is 0.278. The minimum atomic E-state index is -0.426. The van der Waals surface area contributed by atoms with Gasteiger partial charge in [0.2, 0.25) is 11.8 Å². The first-order chi connectivity index (χ1) is 12.5. The van der Waals surface area contributed by atoms with E-state index in [1.54, 1.807) is 30.3 Å². The van der Waals surface area contributed by atoms with E-state index in [1.165, 1.54) is 13.4 Å². The van der Waals surface area contributed by atoms with Gasteiger partial charge in [0.1, 0.15) is 5.75 Å². The monoisotopic (exact) mass is 357 g/mol. The van der Waals surface area contributed by atoms with Crippen LogP contribution in [0.4, 0.5) is 11.4 Å². The first kappa shape index (κ1) is 17.5. The SMILES string of the molecule is COc1ccc(NC(=O)CC2CCC(=O)N2)cc1NC(=O)c1ccco1. The minimum Gasteiger partial charge on any atom is -0.495 e. The molecule has 2 heterocycles. The van der Waals surface area contributed by atoms with Crippen molar-refractivity contribution in [3.63, 3.8) is 0 Å². The predicted octanol–water partition coefficient (Wildman–Crippen LogP) is 2.15. The van der Waals surface area contributed by atoms with Gasteiger partial charge in [0.15, 0.2) is 5.76 Å². The summed E-state index contributed by atoms with van der Waals surface area (Å²) in [5.74, 6) is -0.0595. The van der Waals surface area contributed by atoms with Crippen LogP contribution in [0.2, 0.25) is 0 Å². The van der Waals surface area contributed by atoms with Gasteiger partial charge in [0, 0.05) is 24.6 Å². The van der Waals surface area contributed by atoms with E-state index in [2.05, 4.69) is 16.0 Å². The number of furan rings is 1. The molecular formula is C18H19N3O5. The summed E-state index contributed by atoms with van der Waals surface area (Å²) in [4.78, 5) is 35.5. The summed E-state index contributed by atoms with van der Waals surface area (Å²) in [5, 5.41) is 8.21. The number of carbonyl (C=O) groups excluding carboxylic acids is 3. The molecule has 1 fully saturated rings. The van der Waals surface area contributed by atoms with Crippen molar-refractivity contribution in [1.29, 1.82) is 0 Å². The van der Waals surface area contributed by atoms with Crippen LogP contribution in [0.25, 0.3) is 0 Å². The van der Waals surface area contributed by atoms with Gasteiger partial charge in [-0.2, -0.15) is 0 Å². The number of nitrogens with one attached hydrogen (secondary N) is 3. The summed E-state index contributed by atoms with van der Waals surface area (Å²) < 4.78 is 10.3. The number of carbonyl (C=O) groups is 3. The van der Waals surface area contributed by atoms with E-state index in [4.69, 9.17) is 9.15 Å². The lowest BCUT2D eigenvalue weighted by atomic mass is 10.1. The Hall–Kier alpha value is -3.29. The van der Waals surface area contributed by atoms with Gasteiger partial charge in [-0.25, -0.2) is 0 Å². The Morgan fingerprint density at radius 1 is 1.31 bits per heavy atom. The highest BCUT2D eigenvalue weighted by atomic mass is 16.5. The lowest BCUT2D eigenvalue weighted by Crippen LogP contribution is -2.29. The second kappa shape index (κ2) is 7.73. The second-order valence-electron chi connectivity index (χ2n) is 5.90. The molecular weight excluding hydrogens is 338 g/mol. The lowest BCUT2D eigenvalue weighted by Gasteiger charge is -2.13. The van der Waals surface area contributed by atoms with Crippen molar-refractivity contribution in [1.82, 2.24) is 5.32 Å². The molecule has 1 aliphatic heterocycles. The third kappa shape index (κ3) is 4.21. The average molecular weight is 357 g/mol. The molecule has 1 aliphatic rings. The number of benzene rings is 1. The summed E-state index contributed by atoms with van der Waals surface area (Å²) in [7, 11) is 1.49. The van der Waals surface area contributed by atoms with Gasteiger partial charge in [-0.3, -0.25) is 14.4 Å². The summed E-state index contributed by atoms with van der Waals surface area (Å²) >= 11 is 0. The van der Waals surface area contributed by atoms with Crippen LogP contribution >= 0.6 is 0 Å². The summed E-state index contributed by atoms with van der Waals surface area (Å²) in [6, 6.07) is 7.94. The van der Waals surface area contributed by atoms with Gasteiger partial charge in [-0.05, 0) is 36.8 Å². The fourth-order valence-electron chi connectivity index (χ4n) is 2.74. The van der Waals surface area contributed by atoms with Crippen molar-refractivity contribution in [2.45, 2.75) is 25.3 Å². The van der Waals surface area contributed by atoms with E-state index >= 15 is 0 Å². The van der Waals surface area contributed by atoms with Crippen molar-refractivity contribution in [3.8, 4) is 5.75 Å². The maximum atomic E-state index is 12.2. The standard InChI is InChI=1S/C18H19N3O5/c1-25-14-6-4-11(20-17(23)10-12-5-7-16(22)19-12)9-13(14)21-18(24)15-3-2-8-26-15/h2-4,6,8-9,12H,5,7,10H2,1H3,(H,19,22)(H,20,23)(H,21,24). The van der Waals surface area contributed by atoms with Gasteiger partial charge in [0.25, 0.3) is 5.91 Å². The van der Waals surface area contributed by atoms with E-state index in [0.29, 0.717) is 30.0 Å². The molecule has 0 aliphatic carbocycles. The first-order valence-electron chi connectivity index (χ1n) is 8.17. The highest BCUT2D eigenvalue weighted by Crippen LogP contribution is 2.28. The van der Waals surface area contributed by atoms with Gasteiger partial charge < -0.3 is 25.1 Å². The number of rotatable bonds is 6. The van der Waals surface area contributed by atoms with Crippen molar-refractivity contribution < 1.29 is 23.5 Å². The molecule has 2 aromatic rings. The topological polar surface area (TPSA) is 110 Å². The Bertz CT molecular complexity index is 816. The molecule has 3 rings (SSSR count). The molecule has 0 spiro atoms. The van der Waals surface area contributed by atoms with Crippen LogP contribution in [0.3, 0.4) is 0 Å². The van der Waals surface area contributed by atoms with Gasteiger partial charge in [0.05, 0.1) is 19.1 Å². The molecule has 26 heavy (non-hydrogen) atoms. The number of methoxy groups -OCH3 is 1. The first-order valence-corrected chi connectivity index (χ1v) is 8.17. The van der Waals surface area contributed by atoms with E-state index in [0.717, 1.165) is 0 Å². The molecule has 1 saturated heterocycles. The van der Waals surface area contributed by atoms with Gasteiger partial charge in [-0.1, -0.05) is 0 Å². The van der Waals surface area contributed by atoms with Crippen molar-refractivity contribution in [3.05, 3.63) is 42.4 Å². The zero-order chi connectivity index (χ0) is 18.5. The average Bonchev–Trinajstić information content (AvgIpc) is 3.27. The van der Waals surface area contributed by atoms with Crippen LogP contribution in [-0.2, 0) is 9.59 Å². The largest absolute Gasteiger partial charge is 0.495 e. The Morgan fingerprint density at radius 3 is 2.81 bits per heavy atom. The molecule has 0 saturated carbocycles. The van der Waals surface area contributed by atoms with Crippen molar-refractivity contribution in [2.75, 3.05) is 17.7 Å².